The molecule has 2 atom stereocenters. The fraction of sp³-hybridized carbons (Fsp3) is 0.600. The molecule has 0 radical (unpaired) electrons. The van der Waals surface area contributed by atoms with Crippen LogP contribution in [0.3, 0.4) is 0 Å². The summed E-state index contributed by atoms with van der Waals surface area (Å²) in [6.45, 7) is 11.0. The van der Waals surface area contributed by atoms with Gasteiger partial charge in [-0.25, -0.2) is 4.39 Å². The van der Waals surface area contributed by atoms with E-state index < -0.39 is 16.5 Å². The Morgan fingerprint density at radius 1 is 1.30 bits per heavy atom. The van der Waals surface area contributed by atoms with Gasteiger partial charge in [0.05, 0.1) is 16.8 Å². The minimum Gasteiger partial charge on any atom is -0.462 e. The first kappa shape index (κ1) is 23.8. The highest BCUT2D eigenvalue weighted by molar-refractivity contribution is 8.00. The van der Waals surface area contributed by atoms with E-state index >= 15 is 0 Å². The molecule has 1 N–H and O–H groups in total. The van der Waals surface area contributed by atoms with Crippen molar-refractivity contribution in [2.24, 2.45) is 5.41 Å². The SMILES string of the molecule is CCCC(Sc1cc(NC(=O)C(C)(C)C)c(F)cc1Cl)C(=O)OC(C)CC. The first-order valence-electron chi connectivity index (χ1n) is 9.17. The molecule has 1 amide bonds. The zero-order chi connectivity index (χ0) is 20.8. The van der Waals surface area contributed by atoms with Gasteiger partial charge in [0.1, 0.15) is 11.1 Å². The quantitative estimate of drug-likeness (QED) is 0.412. The molecule has 0 saturated heterocycles. The van der Waals surface area contributed by atoms with Gasteiger partial charge in [-0.2, -0.15) is 0 Å². The molecule has 0 aliphatic rings. The maximum absolute atomic E-state index is 14.2. The first-order valence-corrected chi connectivity index (χ1v) is 10.4. The van der Waals surface area contributed by atoms with Gasteiger partial charge in [0, 0.05) is 10.3 Å². The molecule has 0 aliphatic heterocycles. The number of ether oxygens (including phenoxy) is 1. The number of esters is 1. The predicted molar refractivity (Wildman–Crippen MR) is 110 cm³/mol. The van der Waals surface area contributed by atoms with Crippen molar-refractivity contribution in [2.75, 3.05) is 5.32 Å². The summed E-state index contributed by atoms with van der Waals surface area (Å²) in [7, 11) is 0. The summed E-state index contributed by atoms with van der Waals surface area (Å²) in [6, 6.07) is 2.64. The molecule has 0 saturated carbocycles. The lowest BCUT2D eigenvalue weighted by Gasteiger charge is -2.20. The molecule has 1 aromatic carbocycles. The van der Waals surface area contributed by atoms with Gasteiger partial charge in [-0.1, -0.05) is 52.6 Å². The molecule has 7 heteroatoms. The summed E-state index contributed by atoms with van der Waals surface area (Å²) in [5.41, 5.74) is -0.614. The molecular formula is C20H29ClFNO3S. The average Bonchev–Trinajstić information content (AvgIpc) is 2.57. The van der Waals surface area contributed by atoms with E-state index in [-0.39, 0.29) is 28.7 Å². The van der Waals surface area contributed by atoms with Crippen LogP contribution in [0.2, 0.25) is 5.02 Å². The van der Waals surface area contributed by atoms with Crippen LogP contribution in [0.15, 0.2) is 17.0 Å². The third kappa shape index (κ3) is 7.34. The summed E-state index contributed by atoms with van der Waals surface area (Å²) in [4.78, 5) is 25.2. The van der Waals surface area contributed by atoms with Crippen molar-refractivity contribution in [1.82, 2.24) is 0 Å². The number of carbonyl (C=O) groups excluding carboxylic acids is 2. The Morgan fingerprint density at radius 2 is 1.93 bits per heavy atom. The third-order valence-electron chi connectivity index (χ3n) is 3.93. The maximum atomic E-state index is 14.2. The number of benzene rings is 1. The Bertz CT molecular complexity index is 676. The van der Waals surface area contributed by atoms with E-state index in [1.54, 1.807) is 20.8 Å². The molecule has 2 unspecified atom stereocenters. The molecule has 152 valence electrons. The van der Waals surface area contributed by atoms with E-state index in [0.717, 1.165) is 18.9 Å². The number of anilines is 1. The minimum absolute atomic E-state index is 0.0485. The summed E-state index contributed by atoms with van der Waals surface area (Å²) < 4.78 is 19.7. The van der Waals surface area contributed by atoms with Crippen LogP contribution in [0.4, 0.5) is 10.1 Å². The van der Waals surface area contributed by atoms with Crippen LogP contribution >= 0.6 is 23.4 Å². The van der Waals surface area contributed by atoms with Crippen LogP contribution in [0, 0.1) is 11.2 Å². The standard InChI is InChI=1S/C20H29ClFNO3S/c1-7-9-16(18(24)26-12(3)8-2)27-17-11-15(14(22)10-13(17)21)23-19(25)20(4,5)6/h10-12,16H,7-9H2,1-6H3,(H,23,25). The van der Waals surface area contributed by atoms with Crippen LogP contribution in [-0.2, 0) is 14.3 Å². The summed E-state index contributed by atoms with van der Waals surface area (Å²) in [5.74, 6) is -1.23. The van der Waals surface area contributed by atoms with Crippen molar-refractivity contribution in [2.45, 2.75) is 77.1 Å². The molecule has 1 aromatic rings. The second kappa shape index (κ2) is 10.3. The number of halogens is 2. The molecule has 0 spiro atoms. The summed E-state index contributed by atoms with van der Waals surface area (Å²) in [6.07, 6.45) is 1.97. The molecular weight excluding hydrogens is 389 g/mol. The second-order valence-corrected chi connectivity index (χ2v) is 9.17. The normalized spacial score (nSPS) is 13.8. The highest BCUT2D eigenvalue weighted by atomic mass is 35.5. The molecule has 0 fully saturated rings. The van der Waals surface area contributed by atoms with Crippen LogP contribution < -0.4 is 5.32 Å². The highest BCUT2D eigenvalue weighted by Gasteiger charge is 2.26. The van der Waals surface area contributed by atoms with Crippen LogP contribution in [0.25, 0.3) is 0 Å². The van der Waals surface area contributed by atoms with Crippen molar-refractivity contribution in [3.63, 3.8) is 0 Å². The topological polar surface area (TPSA) is 55.4 Å². The van der Waals surface area contributed by atoms with Gasteiger partial charge in [-0.3, -0.25) is 9.59 Å². The zero-order valence-electron chi connectivity index (χ0n) is 16.8. The van der Waals surface area contributed by atoms with Crippen molar-refractivity contribution >= 4 is 40.9 Å². The highest BCUT2D eigenvalue weighted by Crippen LogP contribution is 2.36. The zero-order valence-corrected chi connectivity index (χ0v) is 18.4. The lowest BCUT2D eigenvalue weighted by atomic mass is 9.95. The van der Waals surface area contributed by atoms with E-state index in [2.05, 4.69) is 5.32 Å². The number of rotatable bonds is 8. The maximum Gasteiger partial charge on any atom is 0.319 e. The van der Waals surface area contributed by atoms with E-state index in [4.69, 9.17) is 16.3 Å². The Balaban J connectivity index is 3.07. The molecule has 0 bridgehead atoms. The fourth-order valence-electron chi connectivity index (χ4n) is 2.02. The second-order valence-electron chi connectivity index (χ2n) is 7.52. The number of hydrogen-bond donors (Lipinski definition) is 1. The van der Waals surface area contributed by atoms with Gasteiger partial charge < -0.3 is 10.1 Å². The predicted octanol–water partition coefficient (Wildman–Crippen LogP) is 6.07. The number of hydrogen-bond acceptors (Lipinski definition) is 4. The Kier molecular flexibility index (Phi) is 9.09. The monoisotopic (exact) mass is 417 g/mol. The largest absolute Gasteiger partial charge is 0.462 e. The van der Waals surface area contributed by atoms with Gasteiger partial charge in [0.2, 0.25) is 5.91 Å². The van der Waals surface area contributed by atoms with Crippen molar-refractivity contribution < 1.29 is 18.7 Å². The van der Waals surface area contributed by atoms with Crippen molar-refractivity contribution in [1.29, 1.82) is 0 Å². The average molecular weight is 418 g/mol. The van der Waals surface area contributed by atoms with Gasteiger partial charge in [-0.05, 0) is 31.9 Å². The summed E-state index contributed by atoms with van der Waals surface area (Å²) >= 11 is 7.42. The third-order valence-corrected chi connectivity index (χ3v) is 5.66. The molecule has 4 nitrogen and oxygen atoms in total. The lowest BCUT2D eigenvalue weighted by molar-refractivity contribution is -0.147. The van der Waals surface area contributed by atoms with Gasteiger partial charge in [0.25, 0.3) is 0 Å². The van der Waals surface area contributed by atoms with Crippen molar-refractivity contribution in [3.8, 4) is 0 Å². The van der Waals surface area contributed by atoms with Crippen LogP contribution in [0.1, 0.15) is 60.8 Å². The van der Waals surface area contributed by atoms with E-state index in [1.807, 2.05) is 20.8 Å². The summed E-state index contributed by atoms with van der Waals surface area (Å²) in [5, 5.41) is 2.34. The molecule has 0 heterocycles. The van der Waals surface area contributed by atoms with Crippen LogP contribution in [-0.4, -0.2) is 23.2 Å². The van der Waals surface area contributed by atoms with Crippen LogP contribution in [0.5, 0.6) is 0 Å². The Hall–Kier alpha value is -1.27. The smallest absolute Gasteiger partial charge is 0.319 e. The van der Waals surface area contributed by atoms with Crippen molar-refractivity contribution in [3.05, 3.63) is 23.0 Å². The van der Waals surface area contributed by atoms with Gasteiger partial charge >= 0.3 is 5.97 Å². The van der Waals surface area contributed by atoms with Gasteiger partial charge in [-0.15, -0.1) is 11.8 Å². The van der Waals surface area contributed by atoms with E-state index in [9.17, 15) is 14.0 Å². The fourth-order valence-corrected chi connectivity index (χ4v) is 3.48. The molecule has 0 aliphatic carbocycles. The Labute approximate surface area is 170 Å². The molecule has 1 rings (SSSR count). The Morgan fingerprint density at radius 3 is 2.44 bits per heavy atom. The first-order chi connectivity index (χ1) is 12.5. The minimum atomic E-state index is -0.662. The number of amides is 1. The number of carbonyl (C=O) groups is 2. The molecule has 27 heavy (non-hydrogen) atoms. The van der Waals surface area contributed by atoms with E-state index in [1.165, 1.54) is 17.8 Å². The van der Waals surface area contributed by atoms with Gasteiger partial charge in [0.15, 0.2) is 0 Å². The lowest BCUT2D eigenvalue weighted by Crippen LogP contribution is -2.28. The number of thioether (sulfide) groups is 1. The molecule has 0 aromatic heterocycles. The number of nitrogens with one attached hydrogen (secondary N) is 1. The van der Waals surface area contributed by atoms with E-state index in [0.29, 0.717) is 11.3 Å².